The van der Waals surface area contributed by atoms with Gasteiger partial charge < -0.3 is 35.4 Å². The van der Waals surface area contributed by atoms with E-state index in [0.29, 0.717) is 18.5 Å². The minimum Gasteiger partial charge on any atom is -0.397 e. The Balaban J connectivity index is 0.000000344. The van der Waals surface area contributed by atoms with Crippen molar-refractivity contribution in [2.24, 2.45) is 0 Å². The quantitative estimate of drug-likeness (QED) is 0.121. The van der Waals surface area contributed by atoms with Gasteiger partial charge in [0, 0.05) is 35.7 Å². The predicted molar refractivity (Wildman–Crippen MR) is 203 cm³/mol. The first kappa shape index (κ1) is 42.1. The summed E-state index contributed by atoms with van der Waals surface area (Å²) in [5.74, 6) is 1.34. The smallest absolute Gasteiger partial charge is 0.227 e. The maximum absolute atomic E-state index is 9.76. The number of aliphatic hydroxyl groups excluding tert-OH is 3. The van der Waals surface area contributed by atoms with Gasteiger partial charge in [-0.2, -0.15) is 9.97 Å². The van der Waals surface area contributed by atoms with E-state index in [9.17, 15) is 5.11 Å². The molecule has 6 N–H and O–H groups in total. The average Bonchev–Trinajstić information content (AvgIpc) is 3.52. The van der Waals surface area contributed by atoms with Gasteiger partial charge >= 0.3 is 0 Å². The largest absolute Gasteiger partial charge is 0.397 e. The summed E-state index contributed by atoms with van der Waals surface area (Å²) in [5, 5.41) is 33.3. The molecule has 2 heterocycles. The lowest BCUT2D eigenvalue weighted by atomic mass is 9.93. The number of aromatic nitrogens is 4. The first-order valence-corrected chi connectivity index (χ1v) is 18.8. The molecular weight excluding hydrogens is 696 g/mol. The van der Waals surface area contributed by atoms with Gasteiger partial charge in [-0.05, 0) is 121 Å². The van der Waals surface area contributed by atoms with E-state index in [0.717, 1.165) is 72.8 Å². The first-order chi connectivity index (χ1) is 23.1. The molecule has 272 valence electrons. The van der Waals surface area contributed by atoms with Gasteiger partial charge in [-0.15, -0.1) is 0 Å². The van der Waals surface area contributed by atoms with Crippen LogP contribution >= 0.6 is 27.7 Å². The summed E-state index contributed by atoms with van der Waals surface area (Å²) >= 11 is 8.87. The van der Waals surface area contributed by atoms with Gasteiger partial charge in [-0.3, -0.25) is 0 Å². The molecule has 0 spiro atoms. The van der Waals surface area contributed by atoms with E-state index in [4.69, 9.17) is 32.0 Å². The second kappa shape index (κ2) is 23.4. The van der Waals surface area contributed by atoms with Crippen molar-refractivity contribution in [3.8, 4) is 0 Å². The number of imidazole rings is 1. The fourth-order valence-electron chi connectivity index (χ4n) is 5.53. The molecule has 13 heteroatoms. The third kappa shape index (κ3) is 14.8. The highest BCUT2D eigenvalue weighted by Gasteiger charge is 2.22. The van der Waals surface area contributed by atoms with Crippen LogP contribution in [0.3, 0.4) is 0 Å². The van der Waals surface area contributed by atoms with Crippen LogP contribution in [0.1, 0.15) is 105 Å². The molecule has 2 fully saturated rings. The summed E-state index contributed by atoms with van der Waals surface area (Å²) in [5.41, 5.74) is 2.77. The predicted octanol–water partition coefficient (Wildman–Crippen LogP) is 6.88. The Hall–Kier alpha value is -2.06. The number of nitrogens with one attached hydrogen (secondary N) is 3. The van der Waals surface area contributed by atoms with Crippen LogP contribution in [0.4, 0.5) is 11.8 Å². The van der Waals surface area contributed by atoms with Crippen LogP contribution in [0.2, 0.25) is 0 Å². The number of hydrogen-bond acceptors (Lipinski definition) is 10. The van der Waals surface area contributed by atoms with Crippen LogP contribution < -0.4 is 15.5 Å². The summed E-state index contributed by atoms with van der Waals surface area (Å²) in [7, 11) is 0. The number of aliphatic hydroxyl groups is 3. The van der Waals surface area contributed by atoms with Crippen LogP contribution in [0.15, 0.2) is 35.1 Å². The zero-order valence-corrected chi connectivity index (χ0v) is 32.1. The second-order valence-corrected chi connectivity index (χ2v) is 13.6. The molecular formula is C35H60BrClN8O3. The number of anilines is 2. The SMILES string of the molecule is CC(C)n1cnc2c(NCc3ccc(Br)cc3)nc(NC3CCC(O)CC3)nc21.CCN(CC)CC.CCO.OC1CCC(NCl)CC1. The molecule has 5 rings (SSSR count). The van der Waals surface area contributed by atoms with Gasteiger partial charge in [-0.1, -0.05) is 48.8 Å². The van der Waals surface area contributed by atoms with Crippen molar-refractivity contribution in [3.05, 3.63) is 40.6 Å². The van der Waals surface area contributed by atoms with E-state index in [1.807, 2.05) is 18.5 Å². The highest BCUT2D eigenvalue weighted by Crippen LogP contribution is 2.26. The van der Waals surface area contributed by atoms with Crippen molar-refractivity contribution < 1.29 is 15.3 Å². The van der Waals surface area contributed by atoms with Crippen LogP contribution in [-0.4, -0.2) is 90.3 Å². The lowest BCUT2D eigenvalue weighted by Crippen LogP contribution is -2.29. The molecule has 2 aliphatic carbocycles. The lowest BCUT2D eigenvalue weighted by molar-refractivity contribution is 0.121. The normalized spacial score (nSPS) is 20.6. The van der Waals surface area contributed by atoms with Crippen molar-refractivity contribution in [3.63, 3.8) is 0 Å². The van der Waals surface area contributed by atoms with Crippen molar-refractivity contribution >= 4 is 50.6 Å². The minimum atomic E-state index is -0.179. The molecule has 0 atom stereocenters. The number of benzene rings is 1. The Morgan fingerprint density at radius 1 is 0.875 bits per heavy atom. The van der Waals surface area contributed by atoms with Crippen LogP contribution in [0.25, 0.3) is 11.2 Å². The summed E-state index contributed by atoms with van der Waals surface area (Å²) in [4.78, 5) is 19.1. The number of nitrogens with zero attached hydrogens (tertiary/aromatic N) is 5. The third-order valence-electron chi connectivity index (χ3n) is 8.57. The monoisotopic (exact) mass is 754 g/mol. The van der Waals surface area contributed by atoms with E-state index in [-0.39, 0.29) is 30.9 Å². The minimum absolute atomic E-state index is 0.0775. The molecule has 0 unspecified atom stereocenters. The molecule has 11 nitrogen and oxygen atoms in total. The van der Waals surface area contributed by atoms with Crippen LogP contribution in [-0.2, 0) is 6.54 Å². The summed E-state index contributed by atoms with van der Waals surface area (Å²) in [6, 6.07) is 9.19. The molecule has 0 amide bonds. The van der Waals surface area contributed by atoms with Gasteiger partial charge in [0.1, 0.15) is 0 Å². The van der Waals surface area contributed by atoms with Crippen molar-refractivity contribution in [1.29, 1.82) is 0 Å². The van der Waals surface area contributed by atoms with Crippen LogP contribution in [0, 0.1) is 0 Å². The van der Waals surface area contributed by atoms with E-state index >= 15 is 0 Å². The molecule has 1 aromatic carbocycles. The van der Waals surface area contributed by atoms with Gasteiger partial charge in [0.2, 0.25) is 5.95 Å². The highest BCUT2D eigenvalue weighted by molar-refractivity contribution is 9.10. The maximum Gasteiger partial charge on any atom is 0.227 e. The highest BCUT2D eigenvalue weighted by atomic mass is 79.9. The van der Waals surface area contributed by atoms with E-state index in [1.54, 1.807) is 6.92 Å². The van der Waals surface area contributed by atoms with Gasteiger partial charge in [0.05, 0.1) is 18.5 Å². The standard InChI is InChI=1S/C21H27BrN6O.C6H12ClNO.C6H15N.C2H6O/c1-13(2)28-12-24-18-19(23-11-14-3-5-15(22)6-4-14)26-21(27-20(18)28)25-16-7-9-17(29)10-8-16;7-8-5-1-3-6(9)4-2-5;1-4-7(5-2)6-3;1-2-3/h3-6,12-13,16-17,29H,7-11H2,1-2H3,(H2,23,25,26,27);5-6,8-9H,1-4H2;4-6H2,1-3H3;3H,2H2,1H3. The molecule has 0 bridgehead atoms. The average molecular weight is 756 g/mol. The Morgan fingerprint density at radius 3 is 1.85 bits per heavy atom. The molecule has 2 aromatic heterocycles. The van der Waals surface area contributed by atoms with Crippen LogP contribution in [0.5, 0.6) is 0 Å². The van der Waals surface area contributed by atoms with Gasteiger partial charge in [0.25, 0.3) is 0 Å². The number of rotatable bonds is 10. The Morgan fingerprint density at radius 2 is 1.40 bits per heavy atom. The number of fused-ring (bicyclic) bond motifs is 1. The molecule has 0 aliphatic heterocycles. The lowest BCUT2D eigenvalue weighted by Gasteiger charge is -2.26. The van der Waals surface area contributed by atoms with E-state index in [2.05, 4.69) is 92.6 Å². The van der Waals surface area contributed by atoms with Gasteiger partial charge in [0.15, 0.2) is 17.0 Å². The zero-order valence-electron chi connectivity index (χ0n) is 29.8. The van der Waals surface area contributed by atoms with E-state index < -0.39 is 0 Å². The maximum atomic E-state index is 9.76. The Bertz CT molecular complexity index is 1260. The Labute approximate surface area is 301 Å². The van der Waals surface area contributed by atoms with Crippen molar-refractivity contribution in [2.45, 2.75) is 130 Å². The van der Waals surface area contributed by atoms with Crippen molar-refractivity contribution in [2.75, 3.05) is 36.9 Å². The summed E-state index contributed by atoms with van der Waals surface area (Å²) in [6.07, 6.45) is 8.85. The zero-order chi connectivity index (χ0) is 35.5. The fourth-order valence-corrected chi connectivity index (χ4v) is 6.01. The molecule has 0 saturated heterocycles. The second-order valence-electron chi connectivity index (χ2n) is 12.5. The number of hydrogen-bond donors (Lipinski definition) is 6. The molecule has 2 saturated carbocycles. The van der Waals surface area contributed by atoms with Crippen molar-refractivity contribution in [1.82, 2.24) is 29.3 Å². The summed E-state index contributed by atoms with van der Waals surface area (Å²) < 4.78 is 3.13. The topological polar surface area (TPSA) is 144 Å². The van der Waals surface area contributed by atoms with Gasteiger partial charge in [-0.25, -0.2) is 9.82 Å². The van der Waals surface area contributed by atoms with E-state index in [1.165, 1.54) is 25.2 Å². The fraction of sp³-hybridized carbons (Fsp3) is 0.686. The molecule has 3 aromatic rings. The number of halogens is 2. The molecule has 2 aliphatic rings. The first-order valence-electron chi connectivity index (χ1n) is 17.6. The Kier molecular flexibility index (Phi) is 20.5. The molecule has 48 heavy (non-hydrogen) atoms. The third-order valence-corrected chi connectivity index (χ3v) is 9.41. The molecule has 0 radical (unpaired) electrons. The summed E-state index contributed by atoms with van der Waals surface area (Å²) in [6.45, 7) is 16.9.